The Labute approximate surface area is 136 Å². The first-order chi connectivity index (χ1) is 10.7. The van der Waals surface area contributed by atoms with Crippen molar-refractivity contribution in [2.24, 2.45) is 0 Å². The van der Waals surface area contributed by atoms with Crippen LogP contribution in [0.3, 0.4) is 0 Å². The maximum absolute atomic E-state index is 12.3. The number of hydrogen-bond donors (Lipinski definition) is 0. The van der Waals surface area contributed by atoms with Crippen LogP contribution in [-0.4, -0.2) is 35.6 Å². The lowest BCUT2D eigenvalue weighted by atomic mass is 10.2. The minimum absolute atomic E-state index is 0.0934. The normalized spacial score (nSPS) is 15.0. The Morgan fingerprint density at radius 3 is 2.39 bits per heavy atom. The fraction of sp³-hybridized carbons (Fsp3) is 0.308. The SMILES string of the molecule is O=C(ON1C(=O)CCC1=O)c1ccc(Br)cc1OCC(F)(F)F. The van der Waals surface area contributed by atoms with Crippen LogP contribution in [0.4, 0.5) is 13.2 Å². The third kappa shape index (κ3) is 4.44. The second-order valence-corrected chi connectivity index (χ2v) is 5.42. The molecule has 0 aromatic heterocycles. The Hall–Kier alpha value is -2.10. The Morgan fingerprint density at radius 1 is 1.22 bits per heavy atom. The Bertz CT molecular complexity index is 646. The summed E-state index contributed by atoms with van der Waals surface area (Å²) in [6.07, 6.45) is -4.78. The number of ether oxygens (including phenoxy) is 1. The summed E-state index contributed by atoms with van der Waals surface area (Å²) in [5.41, 5.74) is -0.343. The maximum atomic E-state index is 12.3. The van der Waals surface area contributed by atoms with Crippen molar-refractivity contribution in [3.63, 3.8) is 0 Å². The van der Waals surface area contributed by atoms with Gasteiger partial charge in [-0.05, 0) is 18.2 Å². The molecule has 1 aliphatic heterocycles. The van der Waals surface area contributed by atoms with Crippen LogP contribution >= 0.6 is 15.9 Å². The molecule has 1 aliphatic rings. The van der Waals surface area contributed by atoms with Gasteiger partial charge >= 0.3 is 12.1 Å². The summed E-state index contributed by atoms with van der Waals surface area (Å²) in [4.78, 5) is 39.4. The van der Waals surface area contributed by atoms with Gasteiger partial charge in [-0.1, -0.05) is 15.9 Å². The fourth-order valence-corrected chi connectivity index (χ4v) is 2.07. The van der Waals surface area contributed by atoms with Gasteiger partial charge < -0.3 is 9.57 Å². The summed E-state index contributed by atoms with van der Waals surface area (Å²) in [6, 6.07) is 3.68. The molecule has 0 spiro atoms. The fourth-order valence-electron chi connectivity index (χ4n) is 1.73. The van der Waals surface area contributed by atoms with E-state index in [1.807, 2.05) is 0 Å². The van der Waals surface area contributed by atoms with Gasteiger partial charge in [-0.2, -0.15) is 13.2 Å². The summed E-state index contributed by atoms with van der Waals surface area (Å²) in [5, 5.41) is 0.303. The highest BCUT2D eigenvalue weighted by molar-refractivity contribution is 9.10. The molecular formula is C13H9BrF3NO5. The minimum Gasteiger partial charge on any atom is -0.483 e. The number of hydroxylamine groups is 2. The van der Waals surface area contributed by atoms with E-state index in [-0.39, 0.29) is 24.2 Å². The van der Waals surface area contributed by atoms with Crippen molar-refractivity contribution in [3.8, 4) is 5.75 Å². The van der Waals surface area contributed by atoms with Gasteiger partial charge in [0.25, 0.3) is 11.8 Å². The zero-order chi connectivity index (χ0) is 17.2. The van der Waals surface area contributed by atoms with Crippen LogP contribution in [0, 0.1) is 0 Å². The predicted octanol–water partition coefficient (Wildman–Crippen LogP) is 2.61. The topological polar surface area (TPSA) is 72.9 Å². The van der Waals surface area contributed by atoms with E-state index in [0.29, 0.717) is 9.54 Å². The molecule has 2 amide bonds. The first kappa shape index (κ1) is 17.3. The molecule has 0 bridgehead atoms. The molecule has 1 heterocycles. The van der Waals surface area contributed by atoms with Crippen LogP contribution in [-0.2, 0) is 14.4 Å². The summed E-state index contributed by atoms with van der Waals surface area (Å²) >= 11 is 3.04. The van der Waals surface area contributed by atoms with Crippen LogP contribution in [0.1, 0.15) is 23.2 Å². The van der Waals surface area contributed by atoms with E-state index in [1.54, 1.807) is 0 Å². The molecule has 10 heteroatoms. The Morgan fingerprint density at radius 2 is 1.83 bits per heavy atom. The number of carbonyl (C=O) groups is 3. The number of rotatable bonds is 4. The maximum Gasteiger partial charge on any atom is 0.422 e. The molecule has 6 nitrogen and oxygen atoms in total. The lowest BCUT2D eigenvalue weighted by Crippen LogP contribution is -2.32. The number of imide groups is 1. The second-order valence-electron chi connectivity index (χ2n) is 4.50. The van der Waals surface area contributed by atoms with E-state index in [0.717, 1.165) is 12.1 Å². The third-order valence-corrected chi connectivity index (χ3v) is 3.23. The number of alkyl halides is 3. The lowest BCUT2D eigenvalue weighted by Gasteiger charge is -2.15. The van der Waals surface area contributed by atoms with Crippen LogP contribution in [0.5, 0.6) is 5.75 Å². The van der Waals surface area contributed by atoms with E-state index >= 15 is 0 Å². The van der Waals surface area contributed by atoms with Crippen LogP contribution in [0.2, 0.25) is 0 Å². The molecule has 1 saturated heterocycles. The van der Waals surface area contributed by atoms with Crippen LogP contribution in [0.15, 0.2) is 22.7 Å². The predicted molar refractivity (Wildman–Crippen MR) is 72.2 cm³/mol. The smallest absolute Gasteiger partial charge is 0.422 e. The molecule has 23 heavy (non-hydrogen) atoms. The average Bonchev–Trinajstić information content (AvgIpc) is 2.76. The number of halogens is 4. The van der Waals surface area contributed by atoms with Crippen molar-refractivity contribution in [2.45, 2.75) is 19.0 Å². The van der Waals surface area contributed by atoms with E-state index in [1.165, 1.54) is 6.07 Å². The van der Waals surface area contributed by atoms with Gasteiger partial charge in [0.15, 0.2) is 6.61 Å². The Balaban J connectivity index is 2.19. The second kappa shape index (κ2) is 6.57. The van der Waals surface area contributed by atoms with Gasteiger partial charge in [-0.3, -0.25) is 9.59 Å². The number of amides is 2. The highest BCUT2D eigenvalue weighted by Gasteiger charge is 2.34. The molecule has 0 atom stereocenters. The summed E-state index contributed by atoms with van der Waals surface area (Å²) < 4.78 is 41.7. The summed E-state index contributed by atoms with van der Waals surface area (Å²) in [7, 11) is 0. The van der Waals surface area contributed by atoms with Gasteiger partial charge in [-0.25, -0.2) is 4.79 Å². The molecule has 0 radical (unpaired) electrons. The molecule has 2 rings (SSSR count). The highest BCUT2D eigenvalue weighted by atomic mass is 79.9. The number of hydrogen-bond acceptors (Lipinski definition) is 5. The largest absolute Gasteiger partial charge is 0.483 e. The van der Waals surface area contributed by atoms with Gasteiger partial charge in [0, 0.05) is 17.3 Å². The molecular weight excluding hydrogens is 387 g/mol. The van der Waals surface area contributed by atoms with Crippen LogP contribution < -0.4 is 4.74 Å². The quantitative estimate of drug-likeness (QED) is 0.732. The van der Waals surface area contributed by atoms with Gasteiger partial charge in [-0.15, -0.1) is 5.06 Å². The zero-order valence-electron chi connectivity index (χ0n) is 11.4. The minimum atomic E-state index is -4.59. The molecule has 1 fully saturated rings. The lowest BCUT2D eigenvalue weighted by molar-refractivity contribution is -0.172. The van der Waals surface area contributed by atoms with Crippen molar-refractivity contribution < 1.29 is 37.1 Å². The molecule has 1 aromatic rings. The number of carbonyl (C=O) groups excluding carboxylic acids is 3. The highest BCUT2D eigenvalue weighted by Crippen LogP contribution is 2.27. The van der Waals surface area contributed by atoms with Gasteiger partial charge in [0.05, 0.1) is 0 Å². The van der Waals surface area contributed by atoms with Crippen molar-refractivity contribution >= 4 is 33.7 Å². The van der Waals surface area contributed by atoms with Crippen LogP contribution in [0.25, 0.3) is 0 Å². The van der Waals surface area contributed by atoms with Crippen molar-refractivity contribution in [2.75, 3.05) is 6.61 Å². The third-order valence-electron chi connectivity index (χ3n) is 2.73. The van der Waals surface area contributed by atoms with E-state index in [9.17, 15) is 27.6 Å². The van der Waals surface area contributed by atoms with Gasteiger partial charge in [0.1, 0.15) is 11.3 Å². The van der Waals surface area contributed by atoms with E-state index < -0.39 is 30.6 Å². The molecule has 0 aliphatic carbocycles. The van der Waals surface area contributed by atoms with Gasteiger partial charge in [0.2, 0.25) is 0 Å². The molecule has 124 valence electrons. The number of benzene rings is 1. The summed E-state index contributed by atoms with van der Waals surface area (Å²) in [6.45, 7) is -1.61. The molecule has 0 saturated carbocycles. The average molecular weight is 396 g/mol. The van der Waals surface area contributed by atoms with E-state index in [4.69, 9.17) is 0 Å². The number of nitrogens with zero attached hydrogens (tertiary/aromatic N) is 1. The standard InChI is InChI=1S/C13H9BrF3NO5/c14-7-1-2-8(9(5-7)22-6-13(15,16)17)12(21)23-18-10(19)3-4-11(18)20/h1-2,5H,3-4,6H2. The zero-order valence-corrected chi connectivity index (χ0v) is 12.9. The first-order valence-electron chi connectivity index (χ1n) is 6.24. The molecule has 0 N–H and O–H groups in total. The first-order valence-corrected chi connectivity index (χ1v) is 7.04. The monoisotopic (exact) mass is 395 g/mol. The Kier molecular flexibility index (Phi) is 4.93. The van der Waals surface area contributed by atoms with Crippen molar-refractivity contribution in [1.82, 2.24) is 5.06 Å². The van der Waals surface area contributed by atoms with Crippen molar-refractivity contribution in [3.05, 3.63) is 28.2 Å². The van der Waals surface area contributed by atoms with Crippen molar-refractivity contribution in [1.29, 1.82) is 0 Å². The van der Waals surface area contributed by atoms with E-state index in [2.05, 4.69) is 25.5 Å². The molecule has 0 unspecified atom stereocenters. The molecule has 1 aromatic carbocycles. The summed E-state index contributed by atoms with van der Waals surface area (Å²) in [5.74, 6) is -2.95.